The standard InChI is InChI=1S/C28H19BrFN3O4S/c29-18-8-12-20(13-9-18)31-24-25(28(36)33(27(24)35)16-22-4-2-14-37-22)38-23-5-1-3-21(15-23)32-26(34)17-6-10-19(30)11-7-17/h1-15,31H,16H2,(H,32,34). The minimum Gasteiger partial charge on any atom is -0.467 e. The van der Waals surface area contributed by atoms with E-state index in [0.717, 1.165) is 21.1 Å². The maximum absolute atomic E-state index is 13.4. The van der Waals surface area contributed by atoms with Gasteiger partial charge >= 0.3 is 0 Å². The van der Waals surface area contributed by atoms with Crippen molar-refractivity contribution in [3.05, 3.63) is 123 Å². The topological polar surface area (TPSA) is 91.7 Å². The Hall–Kier alpha value is -4.15. The highest BCUT2D eigenvalue weighted by Gasteiger charge is 2.39. The van der Waals surface area contributed by atoms with Crippen molar-refractivity contribution in [2.24, 2.45) is 0 Å². The molecule has 4 aromatic rings. The number of hydrogen-bond donors (Lipinski definition) is 2. The number of thioether (sulfide) groups is 1. The Morgan fingerprint density at radius 2 is 1.68 bits per heavy atom. The maximum atomic E-state index is 13.4. The van der Waals surface area contributed by atoms with Crippen molar-refractivity contribution in [1.29, 1.82) is 0 Å². The number of amides is 3. The zero-order valence-electron chi connectivity index (χ0n) is 19.6. The van der Waals surface area contributed by atoms with Crippen molar-refractivity contribution in [3.63, 3.8) is 0 Å². The second kappa shape index (κ2) is 11.1. The molecule has 3 amide bonds. The van der Waals surface area contributed by atoms with Gasteiger partial charge in [0.2, 0.25) is 0 Å². The van der Waals surface area contributed by atoms with Crippen LogP contribution in [0.5, 0.6) is 0 Å². The van der Waals surface area contributed by atoms with Crippen molar-refractivity contribution < 1.29 is 23.2 Å². The van der Waals surface area contributed by atoms with Gasteiger partial charge in [-0.1, -0.05) is 33.8 Å². The largest absolute Gasteiger partial charge is 0.467 e. The molecule has 2 N–H and O–H groups in total. The lowest BCUT2D eigenvalue weighted by Gasteiger charge is -2.13. The summed E-state index contributed by atoms with van der Waals surface area (Å²) in [5, 5.41) is 5.87. The molecule has 1 aliphatic heterocycles. The molecule has 0 radical (unpaired) electrons. The normalized spacial score (nSPS) is 13.3. The molecule has 0 spiro atoms. The predicted molar refractivity (Wildman–Crippen MR) is 146 cm³/mol. The van der Waals surface area contributed by atoms with E-state index < -0.39 is 23.5 Å². The molecular formula is C28H19BrFN3O4S. The lowest BCUT2D eigenvalue weighted by molar-refractivity contribution is -0.138. The molecule has 190 valence electrons. The van der Waals surface area contributed by atoms with Gasteiger partial charge in [-0.15, -0.1) is 0 Å². The van der Waals surface area contributed by atoms with Gasteiger partial charge in [0.1, 0.15) is 22.2 Å². The van der Waals surface area contributed by atoms with Gasteiger partial charge in [-0.2, -0.15) is 0 Å². The van der Waals surface area contributed by atoms with Crippen LogP contribution in [0.15, 0.2) is 116 Å². The second-order valence-corrected chi connectivity index (χ2v) is 10.2. The van der Waals surface area contributed by atoms with Gasteiger partial charge in [-0.25, -0.2) is 4.39 Å². The minimum atomic E-state index is -0.474. The Bertz CT molecular complexity index is 1540. The first-order chi connectivity index (χ1) is 18.4. The molecule has 7 nitrogen and oxygen atoms in total. The summed E-state index contributed by atoms with van der Waals surface area (Å²) in [6.07, 6.45) is 1.48. The number of hydrogen-bond acceptors (Lipinski definition) is 6. The van der Waals surface area contributed by atoms with Crippen molar-refractivity contribution in [1.82, 2.24) is 4.90 Å². The van der Waals surface area contributed by atoms with E-state index in [9.17, 15) is 18.8 Å². The lowest BCUT2D eigenvalue weighted by Crippen LogP contribution is -2.31. The molecule has 1 aromatic heterocycles. The van der Waals surface area contributed by atoms with Gasteiger partial charge < -0.3 is 15.1 Å². The zero-order chi connectivity index (χ0) is 26.6. The summed E-state index contributed by atoms with van der Waals surface area (Å²) in [6.45, 7) is -0.00594. The van der Waals surface area contributed by atoms with Gasteiger partial charge in [-0.05, 0) is 78.9 Å². The third-order valence-electron chi connectivity index (χ3n) is 5.55. The molecule has 0 atom stereocenters. The Morgan fingerprint density at radius 3 is 2.39 bits per heavy atom. The van der Waals surface area contributed by atoms with Crippen molar-refractivity contribution in [2.45, 2.75) is 11.4 Å². The van der Waals surface area contributed by atoms with E-state index in [1.807, 2.05) is 12.1 Å². The molecule has 0 bridgehead atoms. The van der Waals surface area contributed by atoms with E-state index in [4.69, 9.17) is 4.42 Å². The summed E-state index contributed by atoms with van der Waals surface area (Å²) in [4.78, 5) is 41.3. The van der Waals surface area contributed by atoms with E-state index in [1.165, 1.54) is 30.5 Å². The van der Waals surface area contributed by atoms with E-state index in [-0.39, 0.29) is 17.1 Å². The predicted octanol–water partition coefficient (Wildman–Crippen LogP) is 6.42. The number of carbonyl (C=O) groups excluding carboxylic acids is 3. The zero-order valence-corrected chi connectivity index (χ0v) is 22.0. The van der Waals surface area contributed by atoms with E-state index >= 15 is 0 Å². The Kier molecular flexibility index (Phi) is 7.43. The number of carbonyl (C=O) groups is 3. The number of nitrogens with zero attached hydrogens (tertiary/aromatic N) is 1. The molecule has 5 rings (SSSR count). The highest BCUT2D eigenvalue weighted by atomic mass is 79.9. The number of benzene rings is 3. The lowest BCUT2D eigenvalue weighted by atomic mass is 10.2. The third-order valence-corrected chi connectivity index (χ3v) is 7.15. The van der Waals surface area contributed by atoms with E-state index in [1.54, 1.807) is 48.5 Å². The molecular weight excluding hydrogens is 573 g/mol. The van der Waals surface area contributed by atoms with Crippen molar-refractivity contribution in [2.75, 3.05) is 10.6 Å². The average Bonchev–Trinajstić information content (AvgIpc) is 3.50. The highest BCUT2D eigenvalue weighted by Crippen LogP contribution is 2.37. The molecule has 10 heteroatoms. The molecule has 38 heavy (non-hydrogen) atoms. The third kappa shape index (κ3) is 5.71. The first-order valence-electron chi connectivity index (χ1n) is 11.4. The SMILES string of the molecule is O=C(Nc1cccc(SC2=C(Nc3ccc(Br)cc3)C(=O)N(Cc3ccco3)C2=O)c1)c1ccc(F)cc1. The molecule has 0 unspecified atom stereocenters. The van der Waals surface area contributed by atoms with Crippen LogP contribution in [0.3, 0.4) is 0 Å². The summed E-state index contributed by atoms with van der Waals surface area (Å²) in [5.41, 5.74) is 1.58. The molecule has 1 aliphatic rings. The van der Waals surface area contributed by atoms with Crippen molar-refractivity contribution >= 4 is 56.8 Å². The Labute approximate surface area is 229 Å². The molecule has 0 aliphatic carbocycles. The van der Waals surface area contributed by atoms with Gasteiger partial charge in [0.25, 0.3) is 17.7 Å². The molecule has 0 saturated heterocycles. The highest BCUT2D eigenvalue weighted by molar-refractivity contribution is 9.10. The quantitative estimate of drug-likeness (QED) is 0.230. The van der Waals surface area contributed by atoms with Crippen LogP contribution < -0.4 is 10.6 Å². The van der Waals surface area contributed by atoms with Gasteiger partial charge in [0.05, 0.1) is 12.8 Å². The first kappa shape index (κ1) is 25.5. The first-order valence-corrected chi connectivity index (χ1v) is 13.0. The van der Waals surface area contributed by atoms with Crippen LogP contribution in [0.25, 0.3) is 0 Å². The number of halogens is 2. The molecule has 0 saturated carbocycles. The van der Waals surface area contributed by atoms with Crippen LogP contribution in [-0.4, -0.2) is 22.6 Å². The summed E-state index contributed by atoms with van der Waals surface area (Å²) < 4.78 is 19.4. The van der Waals surface area contributed by atoms with Crippen molar-refractivity contribution in [3.8, 4) is 0 Å². The summed E-state index contributed by atoms with van der Waals surface area (Å²) in [7, 11) is 0. The number of furan rings is 1. The number of rotatable bonds is 8. The van der Waals surface area contributed by atoms with Crippen LogP contribution in [0.2, 0.25) is 0 Å². The van der Waals surface area contributed by atoms with Crippen LogP contribution in [0.1, 0.15) is 16.1 Å². The number of imide groups is 1. The summed E-state index contributed by atoms with van der Waals surface area (Å²) in [5.74, 6) is -1.29. The minimum absolute atomic E-state index is 0.00594. The van der Waals surface area contributed by atoms with Crippen LogP contribution in [-0.2, 0) is 16.1 Å². The molecule has 3 aromatic carbocycles. The van der Waals surface area contributed by atoms with Gasteiger partial charge in [0, 0.05) is 26.3 Å². The smallest absolute Gasteiger partial charge is 0.278 e. The van der Waals surface area contributed by atoms with Gasteiger partial charge in [-0.3, -0.25) is 19.3 Å². The average molecular weight is 592 g/mol. The van der Waals surface area contributed by atoms with Gasteiger partial charge in [0.15, 0.2) is 0 Å². The van der Waals surface area contributed by atoms with Crippen LogP contribution in [0, 0.1) is 5.82 Å². The second-order valence-electron chi connectivity index (χ2n) is 8.20. The fourth-order valence-electron chi connectivity index (χ4n) is 3.70. The molecule has 2 heterocycles. The van der Waals surface area contributed by atoms with Crippen LogP contribution in [0.4, 0.5) is 15.8 Å². The van der Waals surface area contributed by atoms with E-state index in [2.05, 4.69) is 26.6 Å². The Balaban J connectivity index is 1.41. The summed E-state index contributed by atoms with van der Waals surface area (Å²) in [6, 6.07) is 22.7. The number of anilines is 2. The fraction of sp³-hybridized carbons (Fsp3) is 0.0357. The number of nitrogens with one attached hydrogen (secondary N) is 2. The summed E-state index contributed by atoms with van der Waals surface area (Å²) >= 11 is 4.50. The fourth-order valence-corrected chi connectivity index (χ4v) is 4.97. The Morgan fingerprint density at radius 1 is 0.921 bits per heavy atom. The van der Waals surface area contributed by atoms with Crippen LogP contribution >= 0.6 is 27.7 Å². The monoisotopic (exact) mass is 591 g/mol. The molecule has 0 fully saturated rings. The van der Waals surface area contributed by atoms with E-state index in [0.29, 0.717) is 27.6 Å². The maximum Gasteiger partial charge on any atom is 0.278 e.